The zero-order valence-corrected chi connectivity index (χ0v) is 33.4. The van der Waals surface area contributed by atoms with Gasteiger partial charge in [-0.25, -0.2) is 13.2 Å². The fraction of sp³-hybridized carbons (Fsp3) is 0.791. The van der Waals surface area contributed by atoms with Gasteiger partial charge in [-0.3, -0.25) is 0 Å². The normalized spacial score (nSPS) is 42.0. The van der Waals surface area contributed by atoms with Gasteiger partial charge in [0.15, 0.2) is 9.84 Å². The van der Waals surface area contributed by atoms with E-state index in [0.717, 1.165) is 19.5 Å². The third kappa shape index (κ3) is 5.90. The first kappa shape index (κ1) is 37.6. The van der Waals surface area contributed by atoms with Crippen LogP contribution in [0.25, 0.3) is 5.57 Å². The Morgan fingerprint density at radius 1 is 0.941 bits per heavy atom. The molecular weight excluding hydrogens is 657 g/mol. The largest absolute Gasteiger partial charge is 0.465 e. The molecule has 1 aliphatic heterocycles. The zero-order valence-electron chi connectivity index (χ0n) is 32.6. The van der Waals surface area contributed by atoms with Crippen LogP contribution < -0.4 is 5.32 Å². The SMILES string of the molecule is COC(=O)c1ccc(C2=CCC3(C)C(CCC4(C)C3CCC3C5C(C(C)CO)CCC5(NCCN5CCS(=O)(=O)CC5)CCC34C)C2(C)C)cc1. The number of benzene rings is 1. The van der Waals surface area contributed by atoms with Crippen LogP contribution in [-0.4, -0.2) is 81.3 Å². The van der Waals surface area contributed by atoms with Crippen molar-refractivity contribution in [3.63, 3.8) is 0 Å². The predicted molar refractivity (Wildman–Crippen MR) is 205 cm³/mol. The number of fused-ring (bicyclic) bond motifs is 7. The molecule has 10 atom stereocenters. The molecule has 1 aromatic carbocycles. The summed E-state index contributed by atoms with van der Waals surface area (Å²) in [7, 11) is -1.44. The Bertz CT molecular complexity index is 1610. The summed E-state index contributed by atoms with van der Waals surface area (Å²) in [6.07, 6.45) is 13.6. The summed E-state index contributed by atoms with van der Waals surface area (Å²) in [5.74, 6) is 3.57. The Morgan fingerprint density at radius 3 is 2.31 bits per heavy atom. The standard InChI is InChI=1S/C43H66N2O5S/c1-29(28-46)32-14-19-43(44-22-23-45-24-26-51(48,49)27-25-45)21-20-41(5)34(37(32)43)12-13-36-40(4)17-15-33(30-8-10-31(11-9-30)38(47)50-7)39(2,3)35(40)16-18-42(36,41)6/h8-11,15,29,32,34-37,44,46H,12-14,16-28H2,1-7H3. The van der Waals surface area contributed by atoms with Gasteiger partial charge >= 0.3 is 5.97 Å². The van der Waals surface area contributed by atoms with Gasteiger partial charge in [0.05, 0.1) is 24.2 Å². The lowest BCUT2D eigenvalue weighted by Crippen LogP contribution is -2.68. The number of methoxy groups -OCH3 is 1. The lowest BCUT2D eigenvalue weighted by molar-refractivity contribution is -0.221. The first-order valence-electron chi connectivity index (χ1n) is 20.2. The Morgan fingerprint density at radius 2 is 1.65 bits per heavy atom. The molecule has 5 fully saturated rings. The van der Waals surface area contributed by atoms with Crippen molar-refractivity contribution in [1.29, 1.82) is 0 Å². The second-order valence-electron chi connectivity index (χ2n) is 19.2. The number of aliphatic hydroxyl groups excluding tert-OH is 1. The van der Waals surface area contributed by atoms with Gasteiger partial charge in [0.2, 0.25) is 0 Å². The van der Waals surface area contributed by atoms with Crippen LogP contribution in [0.5, 0.6) is 0 Å². The molecule has 7 nitrogen and oxygen atoms in total. The fourth-order valence-electron chi connectivity index (χ4n) is 14.2. The Kier molecular flexibility index (Phi) is 9.75. The number of allylic oxidation sites excluding steroid dienone is 2. The van der Waals surface area contributed by atoms with Crippen LogP contribution in [0.3, 0.4) is 0 Å². The van der Waals surface area contributed by atoms with Crippen molar-refractivity contribution in [3.8, 4) is 0 Å². The van der Waals surface area contributed by atoms with E-state index in [1.807, 2.05) is 12.1 Å². The molecule has 284 valence electrons. The van der Waals surface area contributed by atoms with Gasteiger partial charge in [-0.15, -0.1) is 0 Å². The number of nitrogens with one attached hydrogen (secondary N) is 1. The molecule has 8 heteroatoms. The van der Waals surface area contributed by atoms with E-state index in [9.17, 15) is 18.3 Å². The number of esters is 1. The Labute approximate surface area is 308 Å². The van der Waals surface area contributed by atoms with Gasteiger partial charge in [0.25, 0.3) is 0 Å². The molecule has 0 bridgehead atoms. The van der Waals surface area contributed by atoms with Crippen molar-refractivity contribution in [1.82, 2.24) is 10.2 Å². The average Bonchev–Trinajstić information content (AvgIpc) is 3.48. The zero-order chi connectivity index (χ0) is 36.6. The second-order valence-corrected chi connectivity index (χ2v) is 21.5. The number of carbonyl (C=O) groups excluding carboxylic acids is 1. The molecule has 51 heavy (non-hydrogen) atoms. The molecule has 4 saturated carbocycles. The average molecular weight is 723 g/mol. The highest BCUT2D eigenvalue weighted by Crippen LogP contribution is 2.76. The van der Waals surface area contributed by atoms with Crippen LogP contribution in [0, 0.1) is 57.2 Å². The lowest BCUT2D eigenvalue weighted by atomic mass is 9.33. The summed E-state index contributed by atoms with van der Waals surface area (Å²) >= 11 is 0. The number of nitrogens with zero attached hydrogens (tertiary/aromatic N) is 1. The summed E-state index contributed by atoms with van der Waals surface area (Å²) in [5, 5.41) is 14.7. The number of hydrogen-bond acceptors (Lipinski definition) is 7. The van der Waals surface area contributed by atoms with Crippen molar-refractivity contribution in [2.24, 2.45) is 57.2 Å². The van der Waals surface area contributed by atoms with E-state index >= 15 is 0 Å². The summed E-state index contributed by atoms with van der Waals surface area (Å²) < 4.78 is 29.1. The molecule has 1 aromatic rings. The summed E-state index contributed by atoms with van der Waals surface area (Å²) in [4.78, 5) is 14.5. The number of aliphatic hydroxyl groups is 1. The van der Waals surface area contributed by atoms with E-state index in [-0.39, 0.29) is 51.3 Å². The molecule has 1 heterocycles. The first-order chi connectivity index (χ1) is 24.1. The topological polar surface area (TPSA) is 95.9 Å². The maximum Gasteiger partial charge on any atom is 0.337 e. The van der Waals surface area contributed by atoms with Gasteiger partial charge in [0.1, 0.15) is 0 Å². The van der Waals surface area contributed by atoms with E-state index in [4.69, 9.17) is 4.74 Å². The van der Waals surface area contributed by atoms with Gasteiger partial charge in [-0.1, -0.05) is 59.8 Å². The smallest absolute Gasteiger partial charge is 0.337 e. The van der Waals surface area contributed by atoms with Gasteiger partial charge in [-0.05, 0) is 138 Å². The third-order valence-electron chi connectivity index (χ3n) is 17.0. The molecule has 0 aromatic heterocycles. The Balaban J connectivity index is 1.15. The van der Waals surface area contributed by atoms with Crippen LogP contribution in [0.1, 0.15) is 115 Å². The minimum Gasteiger partial charge on any atom is -0.465 e. The highest BCUT2D eigenvalue weighted by molar-refractivity contribution is 7.91. The van der Waals surface area contributed by atoms with Crippen molar-refractivity contribution >= 4 is 21.4 Å². The molecule has 0 spiro atoms. The highest BCUT2D eigenvalue weighted by Gasteiger charge is 2.70. The van der Waals surface area contributed by atoms with E-state index in [2.05, 4.69) is 70.0 Å². The van der Waals surface area contributed by atoms with Crippen LogP contribution in [0.2, 0.25) is 0 Å². The lowest BCUT2D eigenvalue weighted by Gasteiger charge is -2.72. The van der Waals surface area contributed by atoms with E-state index < -0.39 is 9.84 Å². The molecule has 2 N–H and O–H groups in total. The van der Waals surface area contributed by atoms with Crippen molar-refractivity contribution in [2.75, 3.05) is 51.4 Å². The van der Waals surface area contributed by atoms with E-state index in [1.165, 1.54) is 69.6 Å². The Hall–Kier alpha value is -1.74. The van der Waals surface area contributed by atoms with Crippen LogP contribution in [0.15, 0.2) is 30.3 Å². The molecule has 10 unspecified atom stereocenters. The molecule has 6 aliphatic rings. The molecule has 5 aliphatic carbocycles. The first-order valence-corrected chi connectivity index (χ1v) is 22.1. The van der Waals surface area contributed by atoms with Crippen LogP contribution >= 0.6 is 0 Å². The molecule has 0 radical (unpaired) electrons. The van der Waals surface area contributed by atoms with Gasteiger partial charge in [0, 0.05) is 38.3 Å². The van der Waals surface area contributed by atoms with Crippen LogP contribution in [0.4, 0.5) is 0 Å². The number of sulfone groups is 1. The predicted octanol–water partition coefficient (Wildman–Crippen LogP) is 7.25. The van der Waals surface area contributed by atoms with Crippen molar-refractivity contribution in [3.05, 3.63) is 41.5 Å². The van der Waals surface area contributed by atoms with E-state index in [1.54, 1.807) is 0 Å². The molecular formula is C43H66N2O5S. The number of ether oxygens (including phenoxy) is 1. The monoisotopic (exact) mass is 722 g/mol. The third-order valence-corrected chi connectivity index (χ3v) is 18.6. The van der Waals surface area contributed by atoms with E-state index in [0.29, 0.717) is 54.2 Å². The summed E-state index contributed by atoms with van der Waals surface area (Å²) in [6, 6.07) is 8.06. The highest BCUT2D eigenvalue weighted by atomic mass is 32.2. The molecule has 7 rings (SSSR count). The summed E-state index contributed by atoms with van der Waals surface area (Å²) in [5.41, 5.74) is 4.11. The summed E-state index contributed by atoms with van der Waals surface area (Å²) in [6.45, 7) is 18.7. The minimum atomic E-state index is -2.87. The van der Waals surface area contributed by atoms with Crippen molar-refractivity contribution in [2.45, 2.75) is 105 Å². The molecule has 1 saturated heterocycles. The van der Waals surface area contributed by atoms with Gasteiger partial charge < -0.3 is 20.1 Å². The fourth-order valence-corrected chi connectivity index (χ4v) is 15.4. The maximum atomic E-state index is 12.1. The van der Waals surface area contributed by atoms with Crippen LogP contribution in [-0.2, 0) is 14.6 Å². The quantitative estimate of drug-likeness (QED) is 0.273. The number of carbonyl (C=O) groups is 1. The second kappa shape index (κ2) is 13.2. The van der Waals surface area contributed by atoms with Gasteiger partial charge in [-0.2, -0.15) is 0 Å². The van der Waals surface area contributed by atoms with Crippen molar-refractivity contribution < 1.29 is 23.1 Å². The number of hydrogen-bond donors (Lipinski definition) is 2. The maximum absolute atomic E-state index is 12.1. The number of rotatable bonds is 8. The minimum absolute atomic E-state index is 0.0240. The molecule has 0 amide bonds.